The lowest BCUT2D eigenvalue weighted by atomic mass is 10.00. The third-order valence-electron chi connectivity index (χ3n) is 4.12. The molecule has 0 unspecified atom stereocenters. The van der Waals surface area contributed by atoms with Crippen molar-refractivity contribution in [3.8, 4) is 5.75 Å². The number of hydrogen-bond donors (Lipinski definition) is 2. The van der Waals surface area contributed by atoms with Crippen LogP contribution in [0, 0.1) is 13.8 Å². The second kappa shape index (κ2) is 8.03. The van der Waals surface area contributed by atoms with Gasteiger partial charge in [0.1, 0.15) is 12.4 Å². The first-order valence-corrected chi connectivity index (χ1v) is 8.37. The topological polar surface area (TPSA) is 61.8 Å². The molecule has 0 fully saturated rings. The summed E-state index contributed by atoms with van der Waals surface area (Å²) in [6.45, 7) is 8.41. The minimum Gasteiger partial charge on any atom is -0.489 e. The van der Waals surface area contributed by atoms with Crippen LogP contribution in [0.1, 0.15) is 42.0 Å². The van der Waals surface area contributed by atoms with Gasteiger partial charge in [-0.3, -0.25) is 5.21 Å². The Kier molecular flexibility index (Phi) is 6.04. The van der Waals surface area contributed by atoms with Crippen LogP contribution in [0.2, 0.25) is 0 Å². The number of benzene rings is 2. The van der Waals surface area contributed by atoms with E-state index in [9.17, 15) is 10.0 Å². The van der Waals surface area contributed by atoms with Gasteiger partial charge in [0.15, 0.2) is 0 Å². The molecule has 5 nitrogen and oxygen atoms in total. The van der Waals surface area contributed by atoms with Gasteiger partial charge >= 0.3 is 6.03 Å². The van der Waals surface area contributed by atoms with Crippen LogP contribution in [-0.4, -0.2) is 18.3 Å². The fourth-order valence-electron chi connectivity index (χ4n) is 2.59. The largest absolute Gasteiger partial charge is 0.489 e. The van der Waals surface area contributed by atoms with Gasteiger partial charge < -0.3 is 10.1 Å². The third-order valence-corrected chi connectivity index (χ3v) is 4.12. The molecule has 0 radical (unpaired) electrons. The number of aryl methyl sites for hydroxylation is 2. The molecule has 2 aromatic rings. The monoisotopic (exact) mass is 342 g/mol. The van der Waals surface area contributed by atoms with Gasteiger partial charge in [0.2, 0.25) is 0 Å². The average Bonchev–Trinajstić information content (AvgIpc) is 2.59. The maximum atomic E-state index is 11.8. The molecule has 0 aliphatic rings. The Morgan fingerprint density at radius 1 is 1.20 bits per heavy atom. The first-order valence-electron chi connectivity index (χ1n) is 8.37. The molecule has 2 N–H and O–H groups in total. The number of nitrogens with zero attached hydrogens (tertiary/aromatic N) is 1. The Morgan fingerprint density at radius 2 is 1.92 bits per heavy atom. The number of amides is 2. The maximum absolute atomic E-state index is 11.8. The van der Waals surface area contributed by atoms with E-state index in [0.29, 0.717) is 10.8 Å². The molecule has 0 heterocycles. The van der Waals surface area contributed by atoms with Crippen molar-refractivity contribution in [3.63, 3.8) is 0 Å². The lowest BCUT2D eigenvalue weighted by Gasteiger charge is -2.20. The molecule has 25 heavy (non-hydrogen) atoms. The smallest absolute Gasteiger partial charge is 0.345 e. The van der Waals surface area contributed by atoms with E-state index in [4.69, 9.17) is 4.74 Å². The molecule has 2 amide bonds. The molecule has 0 saturated carbocycles. The van der Waals surface area contributed by atoms with Crippen molar-refractivity contribution in [2.24, 2.45) is 0 Å². The predicted molar refractivity (Wildman–Crippen MR) is 99.5 cm³/mol. The van der Waals surface area contributed by atoms with Crippen LogP contribution in [0.25, 0.3) is 0 Å². The molecular weight excluding hydrogens is 316 g/mol. The van der Waals surface area contributed by atoms with Gasteiger partial charge in [0.25, 0.3) is 0 Å². The molecular formula is C20H26N2O3. The Hall–Kier alpha value is -2.53. The number of urea groups is 1. The van der Waals surface area contributed by atoms with E-state index in [1.165, 1.54) is 12.6 Å². The number of rotatable bonds is 5. The summed E-state index contributed by atoms with van der Waals surface area (Å²) in [5.41, 5.74) is 4.42. The second-order valence-corrected chi connectivity index (χ2v) is 6.47. The minimum absolute atomic E-state index is 0.256. The zero-order valence-corrected chi connectivity index (χ0v) is 15.5. The van der Waals surface area contributed by atoms with Crippen LogP contribution in [0.4, 0.5) is 10.5 Å². The minimum atomic E-state index is -0.589. The molecule has 0 saturated heterocycles. The highest BCUT2D eigenvalue weighted by Gasteiger charge is 2.17. The fraction of sp³-hybridized carbons (Fsp3) is 0.350. The van der Waals surface area contributed by atoms with Crippen LogP contribution in [-0.2, 0) is 6.61 Å². The van der Waals surface area contributed by atoms with Crippen LogP contribution in [0.3, 0.4) is 0 Å². The standard InChI is InChI=1S/C20H26N2O3/c1-13(2)16-7-8-17(18(11-16)22(24)20(23)21-5)12-25-19-9-6-14(3)10-15(19)4/h6-11,13,24H,12H2,1-5H3,(H,21,23). The summed E-state index contributed by atoms with van der Waals surface area (Å²) >= 11 is 0. The summed E-state index contributed by atoms with van der Waals surface area (Å²) in [5.74, 6) is 1.07. The van der Waals surface area contributed by atoms with Gasteiger partial charge in [-0.25, -0.2) is 4.79 Å². The highest BCUT2D eigenvalue weighted by Crippen LogP contribution is 2.28. The summed E-state index contributed by atoms with van der Waals surface area (Å²) in [7, 11) is 1.48. The molecule has 0 atom stereocenters. The predicted octanol–water partition coefficient (Wildman–Crippen LogP) is 4.54. The molecule has 0 aromatic heterocycles. The first-order chi connectivity index (χ1) is 11.8. The lowest BCUT2D eigenvalue weighted by molar-refractivity contribution is 0.205. The van der Waals surface area contributed by atoms with Crippen LogP contribution in [0.5, 0.6) is 5.75 Å². The van der Waals surface area contributed by atoms with Gasteiger partial charge in [0, 0.05) is 12.6 Å². The maximum Gasteiger partial charge on any atom is 0.345 e. The Labute approximate surface area is 149 Å². The molecule has 0 aliphatic carbocycles. The van der Waals surface area contributed by atoms with E-state index in [0.717, 1.165) is 22.4 Å². The van der Waals surface area contributed by atoms with E-state index in [1.807, 2.05) is 44.2 Å². The third kappa shape index (κ3) is 4.51. The number of anilines is 1. The van der Waals surface area contributed by atoms with Crippen molar-refractivity contribution in [1.82, 2.24) is 5.32 Å². The number of hydrogen-bond acceptors (Lipinski definition) is 3. The zero-order valence-electron chi connectivity index (χ0n) is 15.5. The Bertz CT molecular complexity index is 757. The molecule has 5 heteroatoms. The molecule has 0 aliphatic heterocycles. The summed E-state index contributed by atoms with van der Waals surface area (Å²) in [4.78, 5) is 11.8. The van der Waals surface area contributed by atoms with E-state index < -0.39 is 6.03 Å². The van der Waals surface area contributed by atoms with Gasteiger partial charge in [-0.2, -0.15) is 5.06 Å². The molecule has 0 spiro atoms. The van der Waals surface area contributed by atoms with Crippen molar-refractivity contribution < 1.29 is 14.7 Å². The SMILES string of the molecule is CNC(=O)N(O)c1cc(C(C)C)ccc1COc1ccc(C)cc1C. The highest BCUT2D eigenvalue weighted by molar-refractivity contribution is 5.90. The van der Waals surface area contributed by atoms with Crippen LogP contribution >= 0.6 is 0 Å². The van der Waals surface area contributed by atoms with Crippen molar-refractivity contribution in [2.75, 3.05) is 12.1 Å². The summed E-state index contributed by atoms with van der Waals surface area (Å²) in [5, 5.41) is 13.3. The average molecular weight is 342 g/mol. The Morgan fingerprint density at radius 3 is 2.52 bits per heavy atom. The zero-order chi connectivity index (χ0) is 18.6. The summed E-state index contributed by atoms with van der Waals surface area (Å²) in [6.07, 6.45) is 0. The van der Waals surface area contributed by atoms with Crippen molar-refractivity contribution in [3.05, 3.63) is 58.7 Å². The van der Waals surface area contributed by atoms with Gasteiger partial charge in [-0.05, 0) is 43.0 Å². The highest BCUT2D eigenvalue weighted by atomic mass is 16.5. The number of carbonyl (C=O) groups is 1. The molecule has 0 bridgehead atoms. The second-order valence-electron chi connectivity index (χ2n) is 6.47. The van der Waals surface area contributed by atoms with Gasteiger partial charge in [0.05, 0.1) is 5.69 Å². The normalized spacial score (nSPS) is 10.7. The summed E-state index contributed by atoms with van der Waals surface area (Å²) < 4.78 is 5.91. The number of ether oxygens (including phenoxy) is 1. The molecule has 2 aromatic carbocycles. The fourth-order valence-corrected chi connectivity index (χ4v) is 2.59. The lowest BCUT2D eigenvalue weighted by Crippen LogP contribution is -2.36. The number of hydroxylamine groups is 1. The number of carbonyl (C=O) groups excluding carboxylic acids is 1. The van der Waals surface area contributed by atoms with Gasteiger partial charge in [-0.1, -0.05) is 43.7 Å². The van der Waals surface area contributed by atoms with Crippen LogP contribution < -0.4 is 15.1 Å². The van der Waals surface area contributed by atoms with Crippen LogP contribution in [0.15, 0.2) is 36.4 Å². The van der Waals surface area contributed by atoms with E-state index in [-0.39, 0.29) is 12.5 Å². The number of nitrogens with one attached hydrogen (secondary N) is 1. The Balaban J connectivity index is 2.30. The van der Waals surface area contributed by atoms with E-state index >= 15 is 0 Å². The summed E-state index contributed by atoms with van der Waals surface area (Å²) in [6, 6.07) is 11.1. The van der Waals surface area contributed by atoms with E-state index in [2.05, 4.69) is 25.2 Å². The first kappa shape index (κ1) is 18.8. The van der Waals surface area contributed by atoms with Crippen molar-refractivity contribution in [1.29, 1.82) is 0 Å². The molecule has 2 rings (SSSR count). The van der Waals surface area contributed by atoms with E-state index in [1.54, 1.807) is 0 Å². The quantitative estimate of drug-likeness (QED) is 0.619. The molecule has 134 valence electrons. The van der Waals surface area contributed by atoms with Crippen molar-refractivity contribution >= 4 is 11.7 Å². The van der Waals surface area contributed by atoms with Gasteiger partial charge in [-0.15, -0.1) is 0 Å². The van der Waals surface area contributed by atoms with Crippen molar-refractivity contribution in [2.45, 2.75) is 40.2 Å².